The Morgan fingerprint density at radius 3 is 2.81 bits per heavy atom. The van der Waals surface area contributed by atoms with E-state index in [0.29, 0.717) is 12.1 Å². The fourth-order valence-corrected chi connectivity index (χ4v) is 2.47. The summed E-state index contributed by atoms with van der Waals surface area (Å²) in [5, 5.41) is 1.04. The first-order valence-electron chi connectivity index (χ1n) is 6.89. The van der Waals surface area contributed by atoms with Crippen LogP contribution in [0, 0.1) is 6.92 Å². The molecular formula is C17H17N3O. The summed E-state index contributed by atoms with van der Waals surface area (Å²) in [7, 11) is 1.80. The maximum absolute atomic E-state index is 12.6. The number of aryl methyl sites for hydroxylation is 1. The van der Waals surface area contributed by atoms with Gasteiger partial charge in [-0.2, -0.15) is 0 Å². The molecule has 3 aromatic rings. The Hall–Kier alpha value is -2.62. The molecule has 2 heterocycles. The number of aromatic amines is 1. The molecule has 0 spiro atoms. The van der Waals surface area contributed by atoms with Crippen LogP contribution in [0.2, 0.25) is 0 Å². The Labute approximate surface area is 123 Å². The van der Waals surface area contributed by atoms with Gasteiger partial charge in [-0.25, -0.2) is 0 Å². The summed E-state index contributed by atoms with van der Waals surface area (Å²) < 4.78 is 0. The highest BCUT2D eigenvalue weighted by atomic mass is 16.2. The zero-order chi connectivity index (χ0) is 14.8. The Morgan fingerprint density at radius 2 is 2.00 bits per heavy atom. The highest BCUT2D eigenvalue weighted by Gasteiger charge is 2.15. The van der Waals surface area contributed by atoms with E-state index in [1.54, 1.807) is 11.9 Å². The molecule has 3 rings (SSSR count). The minimum absolute atomic E-state index is 0.00800. The van der Waals surface area contributed by atoms with Crippen molar-refractivity contribution in [1.82, 2.24) is 14.9 Å². The first-order valence-corrected chi connectivity index (χ1v) is 6.89. The monoisotopic (exact) mass is 279 g/mol. The average Bonchev–Trinajstić information content (AvgIpc) is 2.94. The molecule has 4 nitrogen and oxygen atoms in total. The van der Waals surface area contributed by atoms with Crippen molar-refractivity contribution in [2.75, 3.05) is 7.05 Å². The number of carbonyl (C=O) groups is 1. The molecule has 0 radical (unpaired) electrons. The molecule has 0 bridgehead atoms. The summed E-state index contributed by atoms with van der Waals surface area (Å²) in [6, 6.07) is 13.6. The minimum atomic E-state index is -0.00800. The molecule has 0 fully saturated rings. The van der Waals surface area contributed by atoms with Crippen LogP contribution in [-0.4, -0.2) is 27.8 Å². The molecule has 1 amide bonds. The number of H-pyrrole nitrogens is 1. The number of fused-ring (bicyclic) bond motifs is 1. The number of nitrogens with one attached hydrogen (secondary N) is 1. The summed E-state index contributed by atoms with van der Waals surface area (Å²) in [6.45, 7) is 2.45. The van der Waals surface area contributed by atoms with Crippen LogP contribution in [-0.2, 0) is 6.54 Å². The molecule has 0 saturated heterocycles. The number of nitrogens with zero attached hydrogens (tertiary/aromatic N) is 2. The van der Waals surface area contributed by atoms with Crippen LogP contribution in [0.4, 0.5) is 0 Å². The summed E-state index contributed by atoms with van der Waals surface area (Å²) in [4.78, 5) is 21.9. The Balaban J connectivity index is 1.86. The van der Waals surface area contributed by atoms with Crippen molar-refractivity contribution in [2.24, 2.45) is 0 Å². The fourth-order valence-electron chi connectivity index (χ4n) is 2.47. The highest BCUT2D eigenvalue weighted by Crippen LogP contribution is 2.18. The lowest BCUT2D eigenvalue weighted by molar-refractivity contribution is 0.0785. The molecule has 0 aliphatic rings. The number of amides is 1. The van der Waals surface area contributed by atoms with Crippen molar-refractivity contribution in [2.45, 2.75) is 13.5 Å². The van der Waals surface area contributed by atoms with Crippen LogP contribution in [0.5, 0.6) is 0 Å². The largest absolute Gasteiger partial charge is 0.361 e. The van der Waals surface area contributed by atoms with Crippen molar-refractivity contribution in [3.63, 3.8) is 0 Å². The maximum atomic E-state index is 12.6. The molecule has 1 aromatic carbocycles. The van der Waals surface area contributed by atoms with Gasteiger partial charge < -0.3 is 9.88 Å². The molecule has 0 unspecified atom stereocenters. The van der Waals surface area contributed by atoms with E-state index in [1.807, 2.05) is 55.6 Å². The van der Waals surface area contributed by atoms with Gasteiger partial charge >= 0.3 is 0 Å². The predicted molar refractivity (Wildman–Crippen MR) is 83.1 cm³/mol. The highest BCUT2D eigenvalue weighted by molar-refractivity contribution is 6.05. The molecule has 21 heavy (non-hydrogen) atoms. The number of rotatable bonds is 3. The van der Waals surface area contributed by atoms with Gasteiger partial charge in [-0.05, 0) is 31.2 Å². The van der Waals surface area contributed by atoms with E-state index in [0.717, 1.165) is 22.3 Å². The Kier molecular flexibility index (Phi) is 3.44. The van der Waals surface area contributed by atoms with Gasteiger partial charge in [-0.3, -0.25) is 9.78 Å². The average molecular weight is 279 g/mol. The van der Waals surface area contributed by atoms with E-state index in [2.05, 4.69) is 9.97 Å². The number of benzene rings is 1. The maximum Gasteiger partial charge on any atom is 0.256 e. The number of hydrogen-bond acceptors (Lipinski definition) is 2. The third-order valence-corrected chi connectivity index (χ3v) is 3.51. The molecule has 4 heteroatoms. The third kappa shape index (κ3) is 2.65. The molecule has 2 aromatic heterocycles. The quantitative estimate of drug-likeness (QED) is 0.800. The zero-order valence-electron chi connectivity index (χ0n) is 12.1. The smallest absolute Gasteiger partial charge is 0.256 e. The van der Waals surface area contributed by atoms with Gasteiger partial charge in [0.25, 0.3) is 5.91 Å². The van der Waals surface area contributed by atoms with Crippen LogP contribution in [0.3, 0.4) is 0 Å². The zero-order valence-corrected chi connectivity index (χ0v) is 12.1. The Morgan fingerprint density at radius 1 is 1.19 bits per heavy atom. The van der Waals surface area contributed by atoms with Crippen LogP contribution >= 0.6 is 0 Å². The van der Waals surface area contributed by atoms with E-state index in [1.165, 1.54) is 0 Å². The second-order valence-electron chi connectivity index (χ2n) is 5.18. The van der Waals surface area contributed by atoms with Gasteiger partial charge in [0.1, 0.15) is 0 Å². The second kappa shape index (κ2) is 5.40. The van der Waals surface area contributed by atoms with E-state index in [9.17, 15) is 4.79 Å². The first kappa shape index (κ1) is 13.4. The third-order valence-electron chi connectivity index (χ3n) is 3.51. The van der Waals surface area contributed by atoms with Gasteiger partial charge in [-0.15, -0.1) is 0 Å². The lowest BCUT2D eigenvalue weighted by Crippen LogP contribution is -2.26. The Bertz CT molecular complexity index is 791. The van der Waals surface area contributed by atoms with Crippen molar-refractivity contribution < 1.29 is 4.79 Å². The summed E-state index contributed by atoms with van der Waals surface area (Å²) in [5.41, 5.74) is 3.42. The van der Waals surface area contributed by atoms with Crippen LogP contribution in [0.25, 0.3) is 10.9 Å². The van der Waals surface area contributed by atoms with E-state index >= 15 is 0 Å². The van der Waals surface area contributed by atoms with Crippen molar-refractivity contribution >= 4 is 16.8 Å². The number of aromatic nitrogens is 2. The SMILES string of the molecule is Cc1cccc(CN(C)C(=O)c2cccc3cc[nH]c23)n1. The summed E-state index contributed by atoms with van der Waals surface area (Å²) >= 11 is 0. The van der Waals surface area contributed by atoms with E-state index < -0.39 is 0 Å². The molecule has 0 aliphatic heterocycles. The van der Waals surface area contributed by atoms with Gasteiger partial charge in [0.2, 0.25) is 0 Å². The van der Waals surface area contributed by atoms with Crippen LogP contribution < -0.4 is 0 Å². The second-order valence-corrected chi connectivity index (χ2v) is 5.18. The van der Waals surface area contributed by atoms with Crippen molar-refractivity contribution in [3.05, 3.63) is 65.6 Å². The van der Waals surface area contributed by atoms with Gasteiger partial charge in [-0.1, -0.05) is 18.2 Å². The molecule has 106 valence electrons. The normalized spacial score (nSPS) is 10.8. The summed E-state index contributed by atoms with van der Waals surface area (Å²) in [6.07, 6.45) is 1.85. The fraction of sp³-hybridized carbons (Fsp3) is 0.176. The van der Waals surface area contributed by atoms with Gasteiger partial charge in [0.05, 0.1) is 23.3 Å². The van der Waals surface area contributed by atoms with E-state index in [4.69, 9.17) is 0 Å². The number of carbonyl (C=O) groups excluding carboxylic acids is 1. The number of hydrogen-bond donors (Lipinski definition) is 1. The van der Waals surface area contributed by atoms with Crippen LogP contribution in [0.1, 0.15) is 21.7 Å². The lowest BCUT2D eigenvalue weighted by Gasteiger charge is -2.17. The van der Waals surface area contributed by atoms with Crippen molar-refractivity contribution in [1.29, 1.82) is 0 Å². The lowest BCUT2D eigenvalue weighted by atomic mass is 10.1. The first-order chi connectivity index (χ1) is 10.1. The number of pyridine rings is 1. The van der Waals surface area contributed by atoms with E-state index in [-0.39, 0.29) is 5.91 Å². The van der Waals surface area contributed by atoms with Crippen molar-refractivity contribution in [3.8, 4) is 0 Å². The topological polar surface area (TPSA) is 49.0 Å². The molecule has 0 saturated carbocycles. The van der Waals surface area contributed by atoms with Crippen LogP contribution in [0.15, 0.2) is 48.7 Å². The van der Waals surface area contributed by atoms with Gasteiger partial charge in [0, 0.05) is 24.3 Å². The molecule has 0 atom stereocenters. The van der Waals surface area contributed by atoms with Gasteiger partial charge in [0.15, 0.2) is 0 Å². The predicted octanol–water partition coefficient (Wildman–Crippen LogP) is 3.14. The molecule has 1 N–H and O–H groups in total. The molecule has 0 aliphatic carbocycles. The standard InChI is InChI=1S/C17H17N3O/c1-12-5-3-7-14(19-12)11-20(2)17(21)15-8-4-6-13-9-10-18-16(13)15/h3-10,18H,11H2,1-2H3. The molecular weight excluding hydrogens is 262 g/mol. The number of para-hydroxylation sites is 1. The minimum Gasteiger partial charge on any atom is -0.361 e. The summed E-state index contributed by atoms with van der Waals surface area (Å²) in [5.74, 6) is -0.00800.